The maximum absolute atomic E-state index is 12.7. The topological polar surface area (TPSA) is 45.7 Å². The molecule has 2 heterocycles. The highest BCUT2D eigenvalue weighted by Crippen LogP contribution is 2.15. The van der Waals surface area contributed by atoms with Gasteiger partial charge in [-0.05, 0) is 37.6 Å². The van der Waals surface area contributed by atoms with E-state index in [1.54, 1.807) is 11.3 Å². The predicted octanol–water partition coefficient (Wildman–Crippen LogP) is 2.89. The molecule has 1 amide bonds. The fourth-order valence-electron chi connectivity index (χ4n) is 2.92. The molecule has 0 spiro atoms. The van der Waals surface area contributed by atoms with Crippen LogP contribution in [-0.2, 0) is 6.54 Å². The molecule has 0 radical (unpaired) electrons. The Kier molecular flexibility index (Phi) is 5.82. The van der Waals surface area contributed by atoms with E-state index < -0.39 is 0 Å². The van der Waals surface area contributed by atoms with Crippen molar-refractivity contribution in [2.24, 2.45) is 0 Å². The van der Waals surface area contributed by atoms with Gasteiger partial charge in [0.15, 0.2) is 0 Å². The summed E-state index contributed by atoms with van der Waals surface area (Å²) in [6.45, 7) is 6.91. The van der Waals surface area contributed by atoms with E-state index >= 15 is 0 Å². The average Bonchev–Trinajstić information content (AvgIpc) is 3.00. The maximum Gasteiger partial charge on any atom is 0.253 e. The third kappa shape index (κ3) is 4.33. The number of nitrogens with zero attached hydrogens (tertiary/aromatic N) is 3. The lowest BCUT2D eigenvalue weighted by molar-refractivity contribution is 0.0761. The minimum atomic E-state index is 0.105. The summed E-state index contributed by atoms with van der Waals surface area (Å²) >= 11 is 1.63. The number of hydrogen-bond donors (Lipinski definition) is 0. The van der Waals surface area contributed by atoms with Crippen molar-refractivity contribution in [3.63, 3.8) is 0 Å². The highest BCUT2D eigenvalue weighted by Gasteiger charge is 2.20. The Hall–Kier alpha value is -1.92. The molecule has 1 saturated heterocycles. The first-order chi connectivity index (χ1) is 11.8. The maximum atomic E-state index is 12.7. The standard InChI is InChI=1S/C18H23N3O2S/c1-2-23-17-6-4-15(5-7-17)18(22)21-9-3-8-20(10-11-21)12-16-13-24-14-19-16/h4-7,13-14H,2-3,8-12H2,1H3. The van der Waals surface area contributed by atoms with Crippen molar-refractivity contribution >= 4 is 17.2 Å². The molecule has 0 saturated carbocycles. The SMILES string of the molecule is CCOc1ccc(C(=O)N2CCCN(Cc3cscn3)CC2)cc1. The summed E-state index contributed by atoms with van der Waals surface area (Å²) in [5.74, 6) is 0.910. The molecule has 2 aromatic rings. The highest BCUT2D eigenvalue weighted by molar-refractivity contribution is 7.07. The normalized spacial score (nSPS) is 16.0. The molecule has 1 aliphatic heterocycles. The van der Waals surface area contributed by atoms with Crippen LogP contribution in [0.15, 0.2) is 35.2 Å². The Morgan fingerprint density at radius 2 is 2.04 bits per heavy atom. The third-order valence-corrected chi connectivity index (χ3v) is 4.79. The number of hydrogen-bond acceptors (Lipinski definition) is 5. The van der Waals surface area contributed by atoms with Crippen LogP contribution < -0.4 is 4.74 Å². The summed E-state index contributed by atoms with van der Waals surface area (Å²) in [4.78, 5) is 21.4. The van der Waals surface area contributed by atoms with Gasteiger partial charge in [0.05, 0.1) is 17.8 Å². The van der Waals surface area contributed by atoms with Crippen molar-refractivity contribution in [3.05, 3.63) is 46.4 Å². The van der Waals surface area contributed by atoms with Crippen LogP contribution in [-0.4, -0.2) is 53.5 Å². The molecule has 0 atom stereocenters. The summed E-state index contributed by atoms with van der Waals surface area (Å²) in [5.41, 5.74) is 3.72. The lowest BCUT2D eigenvalue weighted by Gasteiger charge is -2.21. The van der Waals surface area contributed by atoms with Gasteiger partial charge in [0.1, 0.15) is 5.75 Å². The van der Waals surface area contributed by atoms with Crippen molar-refractivity contribution in [1.82, 2.24) is 14.8 Å². The fraction of sp³-hybridized carbons (Fsp3) is 0.444. The number of rotatable bonds is 5. The number of amides is 1. The Balaban J connectivity index is 1.57. The van der Waals surface area contributed by atoms with Crippen molar-refractivity contribution in [3.8, 4) is 5.75 Å². The van der Waals surface area contributed by atoms with Gasteiger partial charge >= 0.3 is 0 Å². The molecule has 5 nitrogen and oxygen atoms in total. The molecule has 24 heavy (non-hydrogen) atoms. The molecule has 6 heteroatoms. The summed E-state index contributed by atoms with van der Waals surface area (Å²) in [6, 6.07) is 7.43. The van der Waals surface area contributed by atoms with E-state index in [4.69, 9.17) is 4.74 Å². The number of thiazole rings is 1. The minimum absolute atomic E-state index is 0.105. The summed E-state index contributed by atoms with van der Waals surface area (Å²) in [5, 5.41) is 2.09. The van der Waals surface area contributed by atoms with Gasteiger partial charge in [0, 0.05) is 43.7 Å². The molecule has 0 bridgehead atoms. The van der Waals surface area contributed by atoms with Crippen molar-refractivity contribution in [2.45, 2.75) is 19.9 Å². The van der Waals surface area contributed by atoms with Gasteiger partial charge in [-0.2, -0.15) is 0 Å². The highest BCUT2D eigenvalue weighted by atomic mass is 32.1. The van der Waals surface area contributed by atoms with Crippen LogP contribution in [0.5, 0.6) is 5.75 Å². The second kappa shape index (κ2) is 8.26. The molecule has 1 fully saturated rings. The quantitative estimate of drug-likeness (QED) is 0.836. The summed E-state index contributed by atoms with van der Waals surface area (Å²) in [7, 11) is 0. The van der Waals surface area contributed by atoms with E-state index in [9.17, 15) is 4.79 Å². The molecule has 0 unspecified atom stereocenters. The number of benzene rings is 1. The third-order valence-electron chi connectivity index (χ3n) is 4.16. The van der Waals surface area contributed by atoms with Crippen LogP contribution in [0, 0.1) is 0 Å². The Labute approximate surface area is 146 Å². The van der Waals surface area contributed by atoms with Gasteiger partial charge < -0.3 is 9.64 Å². The number of carbonyl (C=O) groups excluding carboxylic acids is 1. The smallest absolute Gasteiger partial charge is 0.253 e. The van der Waals surface area contributed by atoms with E-state index in [-0.39, 0.29) is 5.91 Å². The second-order valence-electron chi connectivity index (χ2n) is 5.86. The first kappa shape index (κ1) is 16.9. The number of carbonyl (C=O) groups is 1. The molecular weight excluding hydrogens is 322 g/mol. The molecule has 1 aromatic heterocycles. The largest absolute Gasteiger partial charge is 0.494 e. The van der Waals surface area contributed by atoms with Gasteiger partial charge in [0.25, 0.3) is 5.91 Å². The second-order valence-corrected chi connectivity index (χ2v) is 6.58. The number of aromatic nitrogens is 1. The zero-order valence-corrected chi connectivity index (χ0v) is 14.8. The van der Waals surface area contributed by atoms with Gasteiger partial charge in [0.2, 0.25) is 0 Å². The Bertz CT molecular complexity index is 643. The van der Waals surface area contributed by atoms with Gasteiger partial charge in [-0.3, -0.25) is 9.69 Å². The van der Waals surface area contributed by atoms with Crippen LogP contribution in [0.25, 0.3) is 0 Å². The van der Waals surface area contributed by atoms with Crippen LogP contribution >= 0.6 is 11.3 Å². The van der Waals surface area contributed by atoms with E-state index in [0.29, 0.717) is 6.61 Å². The monoisotopic (exact) mass is 345 g/mol. The van der Waals surface area contributed by atoms with E-state index in [1.807, 2.05) is 41.6 Å². The zero-order chi connectivity index (χ0) is 16.8. The Morgan fingerprint density at radius 1 is 1.21 bits per heavy atom. The molecule has 0 N–H and O–H groups in total. The Morgan fingerprint density at radius 3 is 2.75 bits per heavy atom. The first-order valence-corrected chi connectivity index (χ1v) is 9.32. The average molecular weight is 345 g/mol. The summed E-state index contributed by atoms with van der Waals surface area (Å²) in [6.07, 6.45) is 0.993. The molecule has 1 aliphatic rings. The molecule has 128 valence electrons. The van der Waals surface area contributed by atoms with E-state index in [1.165, 1.54) is 0 Å². The van der Waals surface area contributed by atoms with Crippen LogP contribution in [0.3, 0.4) is 0 Å². The summed E-state index contributed by atoms with van der Waals surface area (Å²) < 4.78 is 5.43. The van der Waals surface area contributed by atoms with Crippen molar-refractivity contribution in [1.29, 1.82) is 0 Å². The van der Waals surface area contributed by atoms with Gasteiger partial charge in [-0.25, -0.2) is 4.98 Å². The van der Waals surface area contributed by atoms with E-state index in [2.05, 4.69) is 15.3 Å². The lowest BCUT2D eigenvalue weighted by atomic mass is 10.2. The lowest BCUT2D eigenvalue weighted by Crippen LogP contribution is -2.35. The van der Waals surface area contributed by atoms with Crippen LogP contribution in [0.1, 0.15) is 29.4 Å². The predicted molar refractivity (Wildman–Crippen MR) is 95.5 cm³/mol. The van der Waals surface area contributed by atoms with Gasteiger partial charge in [-0.1, -0.05) is 0 Å². The van der Waals surface area contributed by atoms with Gasteiger partial charge in [-0.15, -0.1) is 11.3 Å². The molecule has 3 rings (SSSR count). The van der Waals surface area contributed by atoms with Crippen molar-refractivity contribution in [2.75, 3.05) is 32.8 Å². The first-order valence-electron chi connectivity index (χ1n) is 8.38. The van der Waals surface area contributed by atoms with E-state index in [0.717, 1.165) is 56.2 Å². The zero-order valence-electron chi connectivity index (χ0n) is 14.0. The number of ether oxygens (including phenoxy) is 1. The molecular formula is C18H23N3O2S. The van der Waals surface area contributed by atoms with Crippen LogP contribution in [0.2, 0.25) is 0 Å². The molecule has 1 aromatic carbocycles. The van der Waals surface area contributed by atoms with Crippen molar-refractivity contribution < 1.29 is 9.53 Å². The van der Waals surface area contributed by atoms with Crippen LogP contribution in [0.4, 0.5) is 0 Å². The minimum Gasteiger partial charge on any atom is -0.494 e. The fourth-order valence-corrected chi connectivity index (χ4v) is 3.47. The molecule has 0 aliphatic carbocycles.